The van der Waals surface area contributed by atoms with Gasteiger partial charge in [0.05, 0.1) is 21.0 Å². The van der Waals surface area contributed by atoms with Gasteiger partial charge in [-0.2, -0.15) is 0 Å². The molecule has 1 N–H and O–H groups in total. The van der Waals surface area contributed by atoms with Crippen molar-refractivity contribution in [2.24, 2.45) is 0 Å². The maximum atomic E-state index is 12.9. The second-order valence-corrected chi connectivity index (χ2v) is 19.4. The van der Waals surface area contributed by atoms with Gasteiger partial charge < -0.3 is 14.7 Å². The highest BCUT2D eigenvalue weighted by Gasteiger charge is 2.47. The topological polar surface area (TPSA) is 62.7 Å². The van der Waals surface area contributed by atoms with E-state index < -0.39 is 19.8 Å². The second-order valence-electron chi connectivity index (χ2n) is 12.2. The molecule has 1 aliphatic heterocycles. The summed E-state index contributed by atoms with van der Waals surface area (Å²) in [5.74, 6) is 0. The lowest BCUT2D eigenvalue weighted by Gasteiger charge is -2.41. The van der Waals surface area contributed by atoms with Gasteiger partial charge in [-0.1, -0.05) is 53.7 Å². The maximum Gasteiger partial charge on any atom is 0.410 e. The number of nitrogens with zero attached hydrogens (tertiary/aromatic N) is 2. The summed E-state index contributed by atoms with van der Waals surface area (Å²) in [7, 11) is -1.88. The molecule has 1 amide bonds. The summed E-state index contributed by atoms with van der Waals surface area (Å²) in [4.78, 5) is 20.0. The van der Waals surface area contributed by atoms with Crippen LogP contribution in [0.4, 0.5) is 4.79 Å². The Labute approximate surface area is 217 Å². The van der Waals surface area contributed by atoms with Crippen molar-refractivity contribution in [2.75, 3.05) is 6.54 Å². The molecule has 0 spiro atoms. The molecular formula is C28H46N2O3SSi. The molecule has 196 valence electrons. The molecule has 0 unspecified atom stereocenters. The average molecular weight is 519 g/mol. The Balaban J connectivity index is 1.94. The molecule has 35 heavy (non-hydrogen) atoms. The first kappa shape index (κ1) is 28.1. The van der Waals surface area contributed by atoms with Crippen molar-refractivity contribution in [2.45, 2.75) is 122 Å². The summed E-state index contributed by atoms with van der Waals surface area (Å²) in [6.45, 7) is 20.6. The summed E-state index contributed by atoms with van der Waals surface area (Å²) in [6.07, 6.45) is 2.49. The van der Waals surface area contributed by atoms with Crippen LogP contribution in [0.2, 0.25) is 16.6 Å². The van der Waals surface area contributed by atoms with E-state index in [1.165, 1.54) is 4.63 Å². The Kier molecular flexibility index (Phi) is 8.76. The number of ether oxygens (including phenoxy) is 1. The molecule has 5 nitrogen and oxygen atoms in total. The Bertz CT molecular complexity index is 990. The fourth-order valence-corrected chi connectivity index (χ4v) is 16.1. The van der Waals surface area contributed by atoms with Crippen molar-refractivity contribution in [3.05, 3.63) is 23.8 Å². The van der Waals surface area contributed by atoms with Gasteiger partial charge in [-0.25, -0.2) is 9.78 Å². The highest BCUT2D eigenvalue weighted by atomic mass is 32.1. The van der Waals surface area contributed by atoms with E-state index >= 15 is 0 Å². The molecule has 2 heterocycles. The molecular weight excluding hydrogens is 472 g/mol. The van der Waals surface area contributed by atoms with Gasteiger partial charge in [0, 0.05) is 18.2 Å². The number of fused-ring (bicyclic) bond motifs is 1. The van der Waals surface area contributed by atoms with Crippen molar-refractivity contribution in [1.82, 2.24) is 9.88 Å². The van der Waals surface area contributed by atoms with Crippen LogP contribution in [-0.2, 0) is 4.74 Å². The number of aliphatic hydroxyl groups excluding tert-OH is 1. The number of piperidine rings is 1. The number of likely N-dealkylation sites (tertiary alicyclic amines) is 1. The zero-order valence-corrected chi connectivity index (χ0v) is 25.0. The van der Waals surface area contributed by atoms with Gasteiger partial charge in [-0.15, -0.1) is 11.3 Å². The first-order chi connectivity index (χ1) is 16.3. The molecule has 1 aromatic heterocycles. The van der Waals surface area contributed by atoms with E-state index in [0.717, 1.165) is 35.0 Å². The van der Waals surface area contributed by atoms with E-state index in [2.05, 4.69) is 47.6 Å². The van der Waals surface area contributed by atoms with Crippen molar-refractivity contribution in [1.29, 1.82) is 0 Å². The van der Waals surface area contributed by atoms with E-state index in [1.807, 2.05) is 49.1 Å². The summed E-state index contributed by atoms with van der Waals surface area (Å²) in [5.41, 5.74) is 3.06. The highest BCUT2D eigenvalue weighted by molar-refractivity contribution is 7.31. The van der Waals surface area contributed by atoms with Gasteiger partial charge in [0.25, 0.3) is 0 Å². The number of aliphatic hydroxyl groups is 1. The third-order valence-electron chi connectivity index (χ3n) is 7.80. The van der Waals surface area contributed by atoms with Crippen LogP contribution in [0.1, 0.15) is 99.7 Å². The van der Waals surface area contributed by atoms with Crippen LogP contribution in [0, 0.1) is 0 Å². The van der Waals surface area contributed by atoms with Crippen LogP contribution in [-0.4, -0.2) is 47.3 Å². The van der Waals surface area contributed by atoms with Gasteiger partial charge in [-0.3, -0.25) is 0 Å². The second kappa shape index (κ2) is 10.9. The van der Waals surface area contributed by atoms with E-state index in [0.29, 0.717) is 29.6 Å². The zero-order chi connectivity index (χ0) is 26.1. The van der Waals surface area contributed by atoms with Crippen molar-refractivity contribution in [3.8, 4) is 0 Å². The third-order valence-corrected chi connectivity index (χ3v) is 16.6. The molecule has 0 saturated carbocycles. The van der Waals surface area contributed by atoms with E-state index in [4.69, 9.17) is 9.72 Å². The summed E-state index contributed by atoms with van der Waals surface area (Å²) < 4.78 is 8.13. The number of carbonyl (C=O) groups excluding carboxylic acids is 1. The third kappa shape index (κ3) is 5.77. The molecule has 0 bridgehead atoms. The molecule has 0 aliphatic carbocycles. The SMILES string of the molecule is CC(C)[Si](c1nc2c([C@@H](O)C[C@@H]3CCCCN3C(=O)OC(C)(C)C)cccc2s1)(C(C)C)C(C)C. The minimum atomic E-state index is -1.88. The largest absolute Gasteiger partial charge is 0.444 e. The first-order valence-electron chi connectivity index (χ1n) is 13.4. The highest BCUT2D eigenvalue weighted by Crippen LogP contribution is 2.43. The molecule has 1 fully saturated rings. The Morgan fingerprint density at radius 1 is 1.14 bits per heavy atom. The minimum absolute atomic E-state index is 0.0302. The molecule has 2 atom stereocenters. The van der Waals surface area contributed by atoms with Crippen molar-refractivity contribution >= 4 is 40.4 Å². The standard InChI is InChI=1S/C28H46N2O3SSi/c1-18(2)35(19(3)4,20(5)6)26-29-25-22(14-12-15-24(25)34-26)23(31)17-21-13-10-11-16-30(21)27(32)33-28(7,8)9/h12,14-15,18-21,23,31H,10-11,13,16-17H2,1-9H3/t21-,23-/m0/s1. The fourth-order valence-electron chi connectivity index (χ4n) is 6.36. The Hall–Kier alpha value is -1.44. The van der Waals surface area contributed by atoms with Crippen LogP contribution < -0.4 is 4.63 Å². The first-order valence-corrected chi connectivity index (χ1v) is 16.4. The zero-order valence-electron chi connectivity index (χ0n) is 23.2. The van der Waals surface area contributed by atoms with Gasteiger partial charge in [-0.05, 0) is 69.1 Å². The molecule has 1 aromatic carbocycles. The molecule has 3 rings (SSSR count). The quantitative estimate of drug-likeness (QED) is 0.388. The number of aromatic nitrogens is 1. The average Bonchev–Trinajstić information content (AvgIpc) is 3.16. The molecule has 1 saturated heterocycles. The van der Waals surface area contributed by atoms with Gasteiger partial charge in [0.1, 0.15) is 13.7 Å². The summed E-state index contributed by atoms with van der Waals surface area (Å²) in [6, 6.07) is 6.16. The molecule has 7 heteroatoms. The monoisotopic (exact) mass is 518 g/mol. The Morgan fingerprint density at radius 3 is 2.34 bits per heavy atom. The smallest absolute Gasteiger partial charge is 0.410 e. The lowest BCUT2D eigenvalue weighted by molar-refractivity contribution is 0.00245. The molecule has 2 aromatic rings. The predicted octanol–water partition coefficient (Wildman–Crippen LogP) is 7.40. The number of hydrogen-bond acceptors (Lipinski definition) is 5. The van der Waals surface area contributed by atoms with E-state index in [9.17, 15) is 9.90 Å². The number of thiazole rings is 1. The number of hydrogen-bond donors (Lipinski definition) is 1. The number of amides is 1. The van der Waals surface area contributed by atoms with E-state index in [-0.39, 0.29) is 12.1 Å². The predicted molar refractivity (Wildman–Crippen MR) is 150 cm³/mol. The van der Waals surface area contributed by atoms with E-state index in [1.54, 1.807) is 0 Å². The maximum absolute atomic E-state index is 12.9. The van der Waals surface area contributed by atoms with Crippen LogP contribution in [0.5, 0.6) is 0 Å². The lowest BCUT2D eigenvalue weighted by atomic mass is 9.94. The van der Waals surface area contributed by atoms with Crippen molar-refractivity contribution in [3.63, 3.8) is 0 Å². The van der Waals surface area contributed by atoms with Gasteiger partial charge in [0.15, 0.2) is 0 Å². The van der Waals surface area contributed by atoms with Gasteiger partial charge in [0.2, 0.25) is 0 Å². The minimum Gasteiger partial charge on any atom is -0.444 e. The molecule has 0 radical (unpaired) electrons. The number of para-hydroxylation sites is 1. The Morgan fingerprint density at radius 2 is 1.77 bits per heavy atom. The summed E-state index contributed by atoms with van der Waals surface area (Å²) >= 11 is 1.83. The normalized spacial score (nSPS) is 18.7. The van der Waals surface area contributed by atoms with Crippen molar-refractivity contribution < 1.29 is 14.6 Å². The number of benzene rings is 1. The number of carbonyl (C=O) groups is 1. The van der Waals surface area contributed by atoms with Crippen LogP contribution in [0.15, 0.2) is 18.2 Å². The molecule has 1 aliphatic rings. The van der Waals surface area contributed by atoms with Gasteiger partial charge >= 0.3 is 6.09 Å². The number of rotatable bonds is 7. The van der Waals surface area contributed by atoms with Crippen LogP contribution in [0.3, 0.4) is 0 Å². The van der Waals surface area contributed by atoms with Crippen LogP contribution in [0.25, 0.3) is 10.2 Å². The summed E-state index contributed by atoms with van der Waals surface area (Å²) in [5, 5.41) is 11.4. The lowest BCUT2D eigenvalue weighted by Crippen LogP contribution is -2.55. The fraction of sp³-hybridized carbons (Fsp3) is 0.714. The van der Waals surface area contributed by atoms with Crippen LogP contribution >= 0.6 is 11.3 Å².